The van der Waals surface area contributed by atoms with E-state index in [-0.39, 0.29) is 11.3 Å². The Bertz CT molecular complexity index is 691. The Morgan fingerprint density at radius 3 is 2.66 bits per heavy atom. The molecule has 0 unspecified atom stereocenters. The Morgan fingerprint density at radius 2 is 2.07 bits per heavy atom. The molecule has 2 atom stereocenters. The van der Waals surface area contributed by atoms with Crippen molar-refractivity contribution in [1.82, 2.24) is 15.3 Å². The molecule has 29 heavy (non-hydrogen) atoms. The first-order valence-corrected chi connectivity index (χ1v) is 8.83. The van der Waals surface area contributed by atoms with Gasteiger partial charge in [-0.25, -0.2) is 14.8 Å². The van der Waals surface area contributed by atoms with Crippen LogP contribution in [-0.4, -0.2) is 79.7 Å². The van der Waals surface area contributed by atoms with Gasteiger partial charge < -0.3 is 24.8 Å². The number of aliphatic carboxylic acids is 1. The third-order valence-corrected chi connectivity index (χ3v) is 4.74. The third kappa shape index (κ3) is 6.26. The number of anilines is 1. The maximum absolute atomic E-state index is 12.2. The van der Waals surface area contributed by atoms with E-state index in [0.29, 0.717) is 38.7 Å². The van der Waals surface area contributed by atoms with E-state index in [0.717, 1.165) is 19.0 Å². The smallest absolute Gasteiger partial charge is 0.475 e. The van der Waals surface area contributed by atoms with Crippen LogP contribution < -0.4 is 10.2 Å². The molecule has 0 aliphatic carbocycles. The van der Waals surface area contributed by atoms with Crippen molar-refractivity contribution in [2.24, 2.45) is 11.3 Å². The van der Waals surface area contributed by atoms with Crippen molar-refractivity contribution in [2.45, 2.75) is 12.6 Å². The topological polar surface area (TPSA) is 114 Å². The molecule has 1 amide bonds. The number of nitrogens with one attached hydrogen (secondary N) is 1. The molecule has 0 aromatic carbocycles. The van der Waals surface area contributed by atoms with Crippen LogP contribution in [0.5, 0.6) is 0 Å². The molecule has 162 valence electrons. The number of carboxylic acids is 1. The van der Waals surface area contributed by atoms with E-state index in [1.165, 1.54) is 0 Å². The van der Waals surface area contributed by atoms with Crippen LogP contribution in [0.25, 0.3) is 0 Å². The molecule has 0 saturated carbocycles. The highest BCUT2D eigenvalue weighted by Gasteiger charge is 2.52. The zero-order valence-electron chi connectivity index (χ0n) is 15.8. The second kappa shape index (κ2) is 9.83. The fourth-order valence-corrected chi connectivity index (χ4v) is 3.36. The maximum Gasteiger partial charge on any atom is 0.490 e. The van der Waals surface area contributed by atoms with Crippen molar-refractivity contribution < 1.29 is 37.3 Å². The Labute approximate surface area is 165 Å². The second-order valence-electron chi connectivity index (χ2n) is 6.83. The van der Waals surface area contributed by atoms with Crippen molar-refractivity contribution >= 4 is 17.8 Å². The number of carbonyl (C=O) groups excluding carboxylic acids is 1. The van der Waals surface area contributed by atoms with Gasteiger partial charge in [0.05, 0.1) is 19.8 Å². The van der Waals surface area contributed by atoms with Gasteiger partial charge in [-0.15, -0.1) is 0 Å². The largest absolute Gasteiger partial charge is 0.490 e. The van der Waals surface area contributed by atoms with Gasteiger partial charge in [-0.1, -0.05) is 0 Å². The zero-order valence-corrected chi connectivity index (χ0v) is 15.8. The van der Waals surface area contributed by atoms with E-state index in [1.807, 2.05) is 6.07 Å². The fourth-order valence-electron chi connectivity index (χ4n) is 3.36. The highest BCUT2D eigenvalue weighted by Crippen LogP contribution is 2.44. The number of amides is 1. The molecular weight excluding hydrogens is 397 g/mol. The van der Waals surface area contributed by atoms with Crippen LogP contribution in [0.2, 0.25) is 0 Å². The number of rotatable bonds is 6. The van der Waals surface area contributed by atoms with Gasteiger partial charge in [0.1, 0.15) is 0 Å². The fraction of sp³-hybridized carbons (Fsp3) is 0.647. The molecule has 3 heterocycles. The summed E-state index contributed by atoms with van der Waals surface area (Å²) in [6.45, 7) is 4.01. The van der Waals surface area contributed by atoms with Gasteiger partial charge >= 0.3 is 12.1 Å². The summed E-state index contributed by atoms with van der Waals surface area (Å²) in [5.41, 5.74) is -0.129. The van der Waals surface area contributed by atoms with E-state index in [9.17, 15) is 18.0 Å². The minimum atomic E-state index is -5.08. The average Bonchev–Trinajstić information content (AvgIpc) is 3.19. The summed E-state index contributed by atoms with van der Waals surface area (Å²) in [5, 5.41) is 10.0. The number of carboxylic acid groups (broad SMARTS) is 1. The van der Waals surface area contributed by atoms with Gasteiger partial charge in [0.2, 0.25) is 11.9 Å². The molecule has 2 saturated heterocycles. The minimum Gasteiger partial charge on any atom is -0.475 e. The monoisotopic (exact) mass is 420 g/mol. The second-order valence-corrected chi connectivity index (χ2v) is 6.83. The van der Waals surface area contributed by atoms with Crippen LogP contribution in [0, 0.1) is 11.3 Å². The lowest BCUT2D eigenvalue weighted by molar-refractivity contribution is -0.192. The molecule has 0 bridgehead atoms. The molecule has 0 spiro atoms. The van der Waals surface area contributed by atoms with Crippen LogP contribution in [0.15, 0.2) is 18.5 Å². The Morgan fingerprint density at radius 1 is 1.41 bits per heavy atom. The first-order chi connectivity index (χ1) is 13.7. The Balaban J connectivity index is 0.000000370. The van der Waals surface area contributed by atoms with Crippen LogP contribution in [0.4, 0.5) is 19.1 Å². The van der Waals surface area contributed by atoms with Gasteiger partial charge in [-0.05, 0) is 6.07 Å². The molecule has 1 aromatic rings. The number of aromatic nitrogens is 2. The molecule has 2 N–H and O–H groups in total. The van der Waals surface area contributed by atoms with Crippen LogP contribution in [0.1, 0.15) is 6.42 Å². The van der Waals surface area contributed by atoms with Crippen molar-refractivity contribution in [3.63, 3.8) is 0 Å². The quantitative estimate of drug-likeness (QED) is 0.647. The number of halogens is 3. The first-order valence-electron chi connectivity index (χ1n) is 8.83. The molecule has 9 nitrogen and oxygen atoms in total. The minimum absolute atomic E-state index is 0.0587. The predicted molar refractivity (Wildman–Crippen MR) is 94.2 cm³/mol. The molecule has 3 rings (SSSR count). The summed E-state index contributed by atoms with van der Waals surface area (Å²) < 4.78 is 42.3. The summed E-state index contributed by atoms with van der Waals surface area (Å²) in [6, 6.07) is 1.81. The molecule has 2 fully saturated rings. The lowest BCUT2D eigenvalue weighted by atomic mass is 9.78. The number of hydrogen-bond donors (Lipinski definition) is 2. The molecule has 0 radical (unpaired) electrons. The third-order valence-electron chi connectivity index (χ3n) is 4.74. The van der Waals surface area contributed by atoms with Crippen molar-refractivity contribution in [2.75, 3.05) is 51.5 Å². The number of hydrogen-bond acceptors (Lipinski definition) is 7. The van der Waals surface area contributed by atoms with Crippen LogP contribution in [-0.2, 0) is 19.1 Å². The molecule has 2 aliphatic rings. The van der Waals surface area contributed by atoms with Gasteiger partial charge in [0.25, 0.3) is 0 Å². The zero-order chi connectivity index (χ0) is 21.5. The standard InChI is InChI=1S/C15H22N4O3.C2HF3O2/c1-21-6-5-16-13(20)7-15-10-19(8-12(15)9-22-11-15)14-17-3-2-4-18-14;3-2(4,5)1(6)7/h2-4,12H,5-11H2,1H3,(H,16,20);(H,6,7)/t12-,15+;/m1./s1. The number of ether oxygens (including phenoxy) is 2. The van der Waals surface area contributed by atoms with Gasteiger partial charge in [0.15, 0.2) is 0 Å². The van der Waals surface area contributed by atoms with Gasteiger partial charge in [-0.3, -0.25) is 4.79 Å². The summed E-state index contributed by atoms with van der Waals surface area (Å²) in [7, 11) is 1.63. The lowest BCUT2D eigenvalue weighted by Crippen LogP contribution is -2.38. The summed E-state index contributed by atoms with van der Waals surface area (Å²) in [5.74, 6) is -1.61. The Kier molecular flexibility index (Phi) is 7.73. The lowest BCUT2D eigenvalue weighted by Gasteiger charge is -2.26. The predicted octanol–water partition coefficient (Wildman–Crippen LogP) is 0.715. The highest BCUT2D eigenvalue weighted by atomic mass is 19.4. The van der Waals surface area contributed by atoms with Crippen molar-refractivity contribution in [3.8, 4) is 0 Å². The van der Waals surface area contributed by atoms with Gasteiger partial charge in [-0.2, -0.15) is 13.2 Å². The number of nitrogens with zero attached hydrogens (tertiary/aromatic N) is 3. The summed E-state index contributed by atoms with van der Waals surface area (Å²) in [4.78, 5) is 31.9. The summed E-state index contributed by atoms with van der Waals surface area (Å²) >= 11 is 0. The van der Waals surface area contributed by atoms with E-state index in [1.54, 1.807) is 19.5 Å². The average molecular weight is 420 g/mol. The normalized spacial score (nSPS) is 23.2. The number of carbonyl (C=O) groups is 2. The first kappa shape index (κ1) is 22.8. The van der Waals surface area contributed by atoms with Crippen molar-refractivity contribution in [3.05, 3.63) is 18.5 Å². The van der Waals surface area contributed by atoms with E-state index in [2.05, 4.69) is 20.2 Å². The van der Waals surface area contributed by atoms with E-state index in [4.69, 9.17) is 19.4 Å². The molecular formula is C17H23F3N4O5. The van der Waals surface area contributed by atoms with Crippen LogP contribution in [0.3, 0.4) is 0 Å². The number of fused-ring (bicyclic) bond motifs is 1. The Hall–Kier alpha value is -2.47. The van der Waals surface area contributed by atoms with Crippen LogP contribution >= 0.6 is 0 Å². The van der Waals surface area contributed by atoms with Crippen molar-refractivity contribution in [1.29, 1.82) is 0 Å². The molecule has 12 heteroatoms. The van der Waals surface area contributed by atoms with E-state index >= 15 is 0 Å². The van der Waals surface area contributed by atoms with E-state index < -0.39 is 12.1 Å². The van der Waals surface area contributed by atoms with Gasteiger partial charge in [0, 0.05) is 56.9 Å². The summed E-state index contributed by atoms with van der Waals surface area (Å²) in [6.07, 6.45) is -1.11. The molecule has 1 aromatic heterocycles. The number of alkyl halides is 3. The molecule has 2 aliphatic heterocycles. The highest BCUT2D eigenvalue weighted by molar-refractivity contribution is 5.77. The number of methoxy groups -OCH3 is 1. The maximum atomic E-state index is 12.2. The SMILES string of the molecule is COCCNC(=O)C[C@]12COC[C@H]1CN(c1ncccn1)C2.O=C(O)C(F)(F)F.